The molecule has 1 aliphatic rings. The maximum atomic E-state index is 15.5. The van der Waals surface area contributed by atoms with E-state index in [1.807, 2.05) is 24.3 Å². The Morgan fingerprint density at radius 2 is 1.34 bits per heavy atom. The highest BCUT2D eigenvalue weighted by molar-refractivity contribution is 5.91. The quantitative estimate of drug-likeness (QED) is 0.157. The van der Waals surface area contributed by atoms with Crippen LogP contribution in [0.3, 0.4) is 0 Å². The summed E-state index contributed by atoms with van der Waals surface area (Å²) in [6.45, 7) is 15.6. The lowest BCUT2D eigenvalue weighted by Crippen LogP contribution is -2.12. The highest BCUT2D eigenvalue weighted by Crippen LogP contribution is 2.38. The number of benzene rings is 3. The van der Waals surface area contributed by atoms with Crippen LogP contribution in [0.15, 0.2) is 91.1 Å². The fraction of sp³-hybridized carbons (Fsp3) is 0.206. The normalized spacial score (nSPS) is 13.6. The van der Waals surface area contributed by atoms with E-state index in [9.17, 15) is 14.4 Å². The van der Waals surface area contributed by atoms with Gasteiger partial charge in [0.2, 0.25) is 0 Å². The fourth-order valence-corrected chi connectivity index (χ4v) is 4.50. The van der Waals surface area contributed by atoms with Crippen LogP contribution in [0.4, 0.5) is 4.39 Å². The SMILES string of the molecule is C=C(C)C(=O)OCC1CCc2cc(-c3ccc(-c4ccc(OC(=O)C(=C)C)c(OC(=O)C(=C)C)c4)c(F)c3)ccc21. The summed E-state index contributed by atoms with van der Waals surface area (Å²) in [6.07, 6.45) is 1.71. The average molecular weight is 555 g/mol. The number of rotatable bonds is 9. The van der Waals surface area contributed by atoms with Gasteiger partial charge in [0.15, 0.2) is 11.5 Å². The van der Waals surface area contributed by atoms with Gasteiger partial charge in [-0.15, -0.1) is 0 Å². The van der Waals surface area contributed by atoms with Gasteiger partial charge in [0.25, 0.3) is 0 Å². The molecule has 0 saturated carbocycles. The van der Waals surface area contributed by atoms with Crippen molar-refractivity contribution in [3.63, 3.8) is 0 Å². The van der Waals surface area contributed by atoms with Crippen molar-refractivity contribution in [1.82, 2.24) is 0 Å². The molecule has 0 fully saturated rings. The summed E-state index contributed by atoms with van der Waals surface area (Å²) >= 11 is 0. The maximum absolute atomic E-state index is 15.5. The molecule has 7 heteroatoms. The molecule has 1 atom stereocenters. The summed E-state index contributed by atoms with van der Waals surface area (Å²) in [5.41, 5.74) is 5.23. The van der Waals surface area contributed by atoms with Crippen molar-refractivity contribution in [3.8, 4) is 33.8 Å². The van der Waals surface area contributed by atoms with Crippen molar-refractivity contribution in [2.75, 3.05) is 6.61 Å². The van der Waals surface area contributed by atoms with Crippen LogP contribution >= 0.6 is 0 Å². The van der Waals surface area contributed by atoms with Crippen molar-refractivity contribution < 1.29 is 33.0 Å². The minimum absolute atomic E-state index is 0.000726. The Morgan fingerprint density at radius 1 is 0.756 bits per heavy atom. The van der Waals surface area contributed by atoms with E-state index in [4.69, 9.17) is 14.2 Å². The van der Waals surface area contributed by atoms with Gasteiger partial charge in [-0.25, -0.2) is 18.8 Å². The Balaban J connectivity index is 1.59. The lowest BCUT2D eigenvalue weighted by Gasteiger charge is -2.14. The molecule has 0 aliphatic heterocycles. The lowest BCUT2D eigenvalue weighted by atomic mass is 9.95. The number of fused-ring (bicyclic) bond motifs is 1. The third kappa shape index (κ3) is 6.69. The van der Waals surface area contributed by atoms with Crippen molar-refractivity contribution in [1.29, 1.82) is 0 Å². The number of aryl methyl sites for hydroxylation is 1. The van der Waals surface area contributed by atoms with Crippen LogP contribution in [0.2, 0.25) is 0 Å². The molecule has 0 radical (unpaired) electrons. The summed E-state index contributed by atoms with van der Waals surface area (Å²) in [6, 6.07) is 15.4. The minimum Gasteiger partial charge on any atom is -0.462 e. The van der Waals surface area contributed by atoms with Crippen LogP contribution in [0.5, 0.6) is 11.5 Å². The summed E-state index contributed by atoms with van der Waals surface area (Å²) < 4.78 is 31.5. The molecule has 3 aromatic rings. The van der Waals surface area contributed by atoms with Crippen LogP contribution in [0, 0.1) is 5.82 Å². The number of carbonyl (C=O) groups excluding carboxylic acids is 3. The Hall–Kier alpha value is -4.78. The van der Waals surface area contributed by atoms with Gasteiger partial charge >= 0.3 is 17.9 Å². The zero-order valence-corrected chi connectivity index (χ0v) is 23.3. The Labute approximate surface area is 238 Å². The molecule has 0 amide bonds. The molecular weight excluding hydrogens is 523 g/mol. The molecule has 0 bridgehead atoms. The molecule has 0 heterocycles. The van der Waals surface area contributed by atoms with Crippen LogP contribution in [-0.4, -0.2) is 24.5 Å². The maximum Gasteiger partial charge on any atom is 0.338 e. The second-order valence-corrected chi connectivity index (χ2v) is 10.2. The molecule has 0 aromatic heterocycles. The average Bonchev–Trinajstić information content (AvgIpc) is 3.34. The van der Waals surface area contributed by atoms with Crippen molar-refractivity contribution >= 4 is 17.9 Å². The first-order valence-corrected chi connectivity index (χ1v) is 13.1. The third-order valence-corrected chi connectivity index (χ3v) is 6.77. The molecule has 0 saturated heterocycles. The van der Waals surface area contributed by atoms with Gasteiger partial charge in [-0.05, 0) is 79.6 Å². The predicted octanol–water partition coefficient (Wildman–Crippen LogP) is 7.27. The van der Waals surface area contributed by atoms with E-state index in [1.165, 1.54) is 32.0 Å². The topological polar surface area (TPSA) is 78.9 Å². The van der Waals surface area contributed by atoms with Gasteiger partial charge in [0.1, 0.15) is 5.82 Å². The molecule has 1 unspecified atom stereocenters. The summed E-state index contributed by atoms with van der Waals surface area (Å²) in [4.78, 5) is 36.1. The van der Waals surface area contributed by atoms with Gasteiger partial charge in [0, 0.05) is 28.2 Å². The highest BCUT2D eigenvalue weighted by atomic mass is 19.1. The minimum atomic E-state index is -0.710. The van der Waals surface area contributed by atoms with Crippen molar-refractivity contribution in [3.05, 3.63) is 108 Å². The summed E-state index contributed by atoms with van der Waals surface area (Å²) in [5, 5.41) is 0. The first-order valence-electron chi connectivity index (χ1n) is 13.1. The van der Waals surface area contributed by atoms with Crippen LogP contribution in [0.1, 0.15) is 44.2 Å². The number of halogens is 1. The first-order chi connectivity index (χ1) is 19.4. The third-order valence-electron chi connectivity index (χ3n) is 6.77. The standard InChI is InChI=1S/C34H31FO6/c1-19(2)32(36)39-18-26-8-7-24-15-22(9-12-27(24)26)23-10-13-28(29(35)16-23)25-11-14-30(40-33(37)20(3)4)31(17-25)41-34(38)21(5)6/h9-17,26H,1,3,5,7-8,18H2,2,4,6H3. The van der Waals surface area contributed by atoms with Crippen molar-refractivity contribution in [2.45, 2.75) is 39.5 Å². The molecule has 3 aromatic carbocycles. The van der Waals surface area contributed by atoms with E-state index in [0.29, 0.717) is 23.3 Å². The molecule has 0 spiro atoms. The molecule has 0 N–H and O–H groups in total. The van der Waals surface area contributed by atoms with E-state index in [0.717, 1.165) is 29.5 Å². The van der Waals surface area contributed by atoms with E-state index in [1.54, 1.807) is 19.1 Å². The van der Waals surface area contributed by atoms with Gasteiger partial charge in [-0.1, -0.05) is 56.1 Å². The van der Waals surface area contributed by atoms with Gasteiger partial charge in [-0.2, -0.15) is 0 Å². The fourth-order valence-electron chi connectivity index (χ4n) is 4.50. The van der Waals surface area contributed by atoms with Crippen LogP contribution in [-0.2, 0) is 25.5 Å². The monoisotopic (exact) mass is 554 g/mol. The molecule has 4 rings (SSSR count). The number of esters is 3. The summed E-state index contributed by atoms with van der Waals surface area (Å²) in [7, 11) is 0. The first kappa shape index (κ1) is 29.2. The Bertz CT molecular complexity index is 1600. The zero-order chi connectivity index (χ0) is 29.8. The van der Waals surface area contributed by atoms with Crippen LogP contribution < -0.4 is 9.47 Å². The number of hydrogen-bond donors (Lipinski definition) is 0. The molecular formula is C34H31FO6. The van der Waals surface area contributed by atoms with Gasteiger partial charge in [-0.3, -0.25) is 0 Å². The van der Waals surface area contributed by atoms with Gasteiger partial charge in [0.05, 0.1) is 6.61 Å². The second-order valence-electron chi connectivity index (χ2n) is 10.2. The van der Waals surface area contributed by atoms with E-state index >= 15 is 4.39 Å². The molecule has 1 aliphatic carbocycles. The predicted molar refractivity (Wildman–Crippen MR) is 155 cm³/mol. The number of ether oxygens (including phenoxy) is 3. The Morgan fingerprint density at radius 3 is 1.98 bits per heavy atom. The second kappa shape index (κ2) is 12.2. The molecule has 41 heavy (non-hydrogen) atoms. The number of carbonyl (C=O) groups is 3. The summed E-state index contributed by atoms with van der Waals surface area (Å²) in [5.74, 6) is -2.19. The molecule has 210 valence electrons. The molecule has 6 nitrogen and oxygen atoms in total. The van der Waals surface area contributed by atoms with E-state index in [-0.39, 0.29) is 34.1 Å². The van der Waals surface area contributed by atoms with Gasteiger partial charge < -0.3 is 14.2 Å². The van der Waals surface area contributed by atoms with E-state index in [2.05, 4.69) is 19.7 Å². The highest BCUT2D eigenvalue weighted by Gasteiger charge is 2.25. The number of hydrogen-bond acceptors (Lipinski definition) is 6. The smallest absolute Gasteiger partial charge is 0.338 e. The Kier molecular flexibility index (Phi) is 8.67. The van der Waals surface area contributed by atoms with Crippen LogP contribution in [0.25, 0.3) is 22.3 Å². The van der Waals surface area contributed by atoms with Crippen molar-refractivity contribution in [2.24, 2.45) is 0 Å². The zero-order valence-electron chi connectivity index (χ0n) is 23.3. The van der Waals surface area contributed by atoms with E-state index < -0.39 is 23.7 Å². The lowest BCUT2D eigenvalue weighted by molar-refractivity contribution is -0.139. The largest absolute Gasteiger partial charge is 0.462 e.